The number of carbonyl (C=O) groups is 2. The van der Waals surface area contributed by atoms with E-state index < -0.39 is 12.1 Å². The third-order valence-electron chi connectivity index (χ3n) is 3.43. The van der Waals surface area contributed by atoms with Gasteiger partial charge in [-0.25, -0.2) is 9.78 Å². The number of aliphatic carboxylic acids is 1. The van der Waals surface area contributed by atoms with Crippen LogP contribution in [0.5, 0.6) is 0 Å². The number of benzene rings is 1. The Morgan fingerprint density at radius 2 is 2.14 bits per heavy atom. The van der Waals surface area contributed by atoms with Crippen LogP contribution in [0.3, 0.4) is 0 Å². The van der Waals surface area contributed by atoms with Crippen molar-refractivity contribution in [1.29, 1.82) is 0 Å². The molecule has 22 heavy (non-hydrogen) atoms. The number of thiazole rings is 1. The predicted molar refractivity (Wildman–Crippen MR) is 80.8 cm³/mol. The molecular formula is C15H14N2O4S. The van der Waals surface area contributed by atoms with Crippen LogP contribution in [-0.2, 0) is 16.1 Å². The largest absolute Gasteiger partial charge is 0.481 e. The molecule has 0 spiro atoms. The molecule has 0 aliphatic heterocycles. The highest BCUT2D eigenvalue weighted by molar-refractivity contribution is 7.13. The summed E-state index contributed by atoms with van der Waals surface area (Å²) in [5, 5.41) is 13.7. The number of rotatable bonds is 5. The molecule has 2 aromatic rings. The van der Waals surface area contributed by atoms with Gasteiger partial charge in [-0.3, -0.25) is 10.1 Å². The van der Waals surface area contributed by atoms with Gasteiger partial charge in [0, 0.05) is 11.3 Å². The van der Waals surface area contributed by atoms with E-state index in [1.807, 2.05) is 30.3 Å². The van der Waals surface area contributed by atoms with Gasteiger partial charge in [0.1, 0.15) is 6.61 Å². The first-order valence-electron chi connectivity index (χ1n) is 6.79. The Balaban J connectivity index is 1.50. The second-order valence-corrected chi connectivity index (χ2v) is 5.91. The zero-order valence-corrected chi connectivity index (χ0v) is 12.4. The lowest BCUT2D eigenvalue weighted by atomic mass is 10.2. The van der Waals surface area contributed by atoms with Crippen LogP contribution in [0.15, 0.2) is 35.7 Å². The number of amides is 1. The van der Waals surface area contributed by atoms with Crippen molar-refractivity contribution in [2.24, 2.45) is 5.92 Å². The Kier molecular flexibility index (Phi) is 4.06. The molecule has 1 aromatic carbocycles. The second kappa shape index (κ2) is 6.15. The van der Waals surface area contributed by atoms with E-state index in [4.69, 9.17) is 9.84 Å². The zero-order chi connectivity index (χ0) is 15.5. The molecule has 1 heterocycles. The van der Waals surface area contributed by atoms with Crippen LogP contribution in [0.4, 0.5) is 9.93 Å². The summed E-state index contributed by atoms with van der Waals surface area (Å²) in [6.07, 6.45) is 0.0343. The Morgan fingerprint density at radius 1 is 1.36 bits per heavy atom. The molecule has 3 rings (SSSR count). The Hall–Kier alpha value is -2.41. The van der Waals surface area contributed by atoms with Gasteiger partial charge in [-0.05, 0) is 12.0 Å². The van der Waals surface area contributed by atoms with Crippen LogP contribution >= 0.6 is 11.3 Å². The fraction of sp³-hybridized carbons (Fsp3) is 0.267. The summed E-state index contributed by atoms with van der Waals surface area (Å²) in [6.45, 7) is 0.189. The molecule has 1 aliphatic rings. The number of carboxylic acids is 1. The van der Waals surface area contributed by atoms with Gasteiger partial charge in [-0.15, -0.1) is 11.3 Å². The van der Waals surface area contributed by atoms with Gasteiger partial charge in [0.2, 0.25) is 0 Å². The number of aromatic nitrogens is 1. The minimum absolute atomic E-state index is 0.0374. The zero-order valence-electron chi connectivity index (χ0n) is 11.6. The molecule has 1 aliphatic carbocycles. The second-order valence-electron chi connectivity index (χ2n) is 5.05. The highest BCUT2D eigenvalue weighted by Gasteiger charge is 2.45. The van der Waals surface area contributed by atoms with Gasteiger partial charge in [-0.1, -0.05) is 30.3 Å². The summed E-state index contributed by atoms with van der Waals surface area (Å²) >= 11 is 1.27. The van der Waals surface area contributed by atoms with Crippen LogP contribution in [0.2, 0.25) is 0 Å². The van der Waals surface area contributed by atoms with Crippen molar-refractivity contribution in [3.63, 3.8) is 0 Å². The summed E-state index contributed by atoms with van der Waals surface area (Å²) < 4.78 is 5.10. The summed E-state index contributed by atoms with van der Waals surface area (Å²) in [5.41, 5.74) is 1.62. The molecule has 0 radical (unpaired) electrons. The van der Waals surface area contributed by atoms with Crippen LogP contribution in [-0.4, -0.2) is 22.2 Å². The van der Waals surface area contributed by atoms with E-state index in [-0.39, 0.29) is 18.4 Å². The van der Waals surface area contributed by atoms with E-state index in [1.165, 1.54) is 11.3 Å². The van der Waals surface area contributed by atoms with E-state index in [2.05, 4.69) is 10.3 Å². The van der Waals surface area contributed by atoms with Crippen molar-refractivity contribution < 1.29 is 19.4 Å². The lowest BCUT2D eigenvalue weighted by Crippen LogP contribution is -2.13. The summed E-state index contributed by atoms with van der Waals surface area (Å²) in [4.78, 5) is 26.8. The molecule has 0 saturated heterocycles. The molecule has 1 aromatic heterocycles. The molecule has 2 N–H and O–H groups in total. The molecule has 1 amide bonds. The highest BCUT2D eigenvalue weighted by atomic mass is 32.1. The van der Waals surface area contributed by atoms with E-state index in [0.717, 1.165) is 11.3 Å². The number of hydrogen-bond donors (Lipinski definition) is 2. The Labute approximate surface area is 130 Å². The van der Waals surface area contributed by atoms with Crippen molar-refractivity contribution in [1.82, 2.24) is 4.98 Å². The van der Waals surface area contributed by atoms with Gasteiger partial charge >= 0.3 is 12.1 Å². The first-order chi connectivity index (χ1) is 10.6. The third-order valence-corrected chi connectivity index (χ3v) is 4.21. The van der Waals surface area contributed by atoms with Gasteiger partial charge in [0.15, 0.2) is 5.13 Å². The number of ether oxygens (including phenoxy) is 1. The summed E-state index contributed by atoms with van der Waals surface area (Å²) in [6, 6.07) is 9.38. The Bertz CT molecular complexity index is 686. The van der Waals surface area contributed by atoms with E-state index in [9.17, 15) is 9.59 Å². The number of nitrogens with zero attached hydrogens (tertiary/aromatic N) is 1. The Morgan fingerprint density at radius 3 is 2.82 bits per heavy atom. The number of nitrogens with one attached hydrogen (secondary N) is 1. The van der Waals surface area contributed by atoms with Gasteiger partial charge in [0.05, 0.1) is 11.6 Å². The van der Waals surface area contributed by atoms with Crippen LogP contribution in [0.1, 0.15) is 23.6 Å². The first-order valence-corrected chi connectivity index (χ1v) is 7.67. The maximum atomic E-state index is 11.7. The average Bonchev–Trinajstić information content (AvgIpc) is 3.20. The summed E-state index contributed by atoms with van der Waals surface area (Å²) in [7, 11) is 0. The molecule has 1 saturated carbocycles. The fourth-order valence-corrected chi connectivity index (χ4v) is 2.92. The summed E-state index contributed by atoms with van der Waals surface area (Å²) in [5.74, 6) is -1.18. The third kappa shape index (κ3) is 3.43. The van der Waals surface area contributed by atoms with Crippen LogP contribution in [0, 0.1) is 5.92 Å². The van der Waals surface area contributed by atoms with Crippen molar-refractivity contribution in [3.8, 4) is 0 Å². The minimum Gasteiger partial charge on any atom is -0.481 e. The van der Waals surface area contributed by atoms with Crippen LogP contribution in [0.25, 0.3) is 0 Å². The average molecular weight is 318 g/mol. The molecule has 114 valence electrons. The molecule has 1 fully saturated rings. The monoisotopic (exact) mass is 318 g/mol. The van der Waals surface area contributed by atoms with Crippen molar-refractivity contribution >= 4 is 28.5 Å². The fourth-order valence-electron chi connectivity index (χ4n) is 2.16. The molecular weight excluding hydrogens is 304 g/mol. The molecule has 0 bridgehead atoms. The number of hydrogen-bond acceptors (Lipinski definition) is 5. The normalized spacial score (nSPS) is 19.5. The van der Waals surface area contributed by atoms with E-state index >= 15 is 0 Å². The van der Waals surface area contributed by atoms with E-state index in [0.29, 0.717) is 11.6 Å². The number of carboxylic acid groups (broad SMARTS) is 1. The van der Waals surface area contributed by atoms with Crippen LogP contribution < -0.4 is 5.32 Å². The predicted octanol–water partition coefficient (Wildman–Crippen LogP) is 3.08. The number of anilines is 1. The topological polar surface area (TPSA) is 88.5 Å². The highest BCUT2D eigenvalue weighted by Crippen LogP contribution is 2.47. The molecule has 2 atom stereocenters. The van der Waals surface area contributed by atoms with Gasteiger partial charge in [0.25, 0.3) is 0 Å². The molecule has 7 heteroatoms. The van der Waals surface area contributed by atoms with Gasteiger partial charge < -0.3 is 9.84 Å². The van der Waals surface area contributed by atoms with E-state index in [1.54, 1.807) is 5.38 Å². The van der Waals surface area contributed by atoms with Crippen molar-refractivity contribution in [3.05, 3.63) is 47.0 Å². The maximum Gasteiger partial charge on any atom is 0.413 e. The standard InChI is InChI=1S/C15H14N2O4S/c18-13(19)11-6-10(11)12-8-22-14(16-12)17-15(20)21-7-9-4-2-1-3-5-9/h1-5,8,10-11H,6-7H2,(H,18,19)(H,16,17,20)/t10-,11+/m0/s1. The van der Waals surface area contributed by atoms with Crippen molar-refractivity contribution in [2.75, 3.05) is 5.32 Å². The lowest BCUT2D eigenvalue weighted by molar-refractivity contribution is -0.138. The quantitative estimate of drug-likeness (QED) is 0.884. The molecule has 6 nitrogen and oxygen atoms in total. The van der Waals surface area contributed by atoms with Gasteiger partial charge in [-0.2, -0.15) is 0 Å². The number of carbonyl (C=O) groups excluding carboxylic acids is 1. The molecule has 0 unspecified atom stereocenters. The smallest absolute Gasteiger partial charge is 0.413 e. The lowest BCUT2D eigenvalue weighted by Gasteiger charge is -2.04. The SMILES string of the molecule is O=C(Nc1nc([C@H]2C[C@H]2C(=O)O)cs1)OCc1ccccc1. The van der Waals surface area contributed by atoms with Crippen molar-refractivity contribution in [2.45, 2.75) is 18.9 Å². The maximum absolute atomic E-state index is 11.7. The minimum atomic E-state index is -0.796. The first kappa shape index (κ1) is 14.5.